The van der Waals surface area contributed by atoms with E-state index in [0.29, 0.717) is 25.3 Å². The highest BCUT2D eigenvalue weighted by Gasteiger charge is 2.46. The first-order valence-electron chi connectivity index (χ1n) is 6.96. The minimum absolute atomic E-state index is 0.334. The number of carbonyl (C=O) groups is 1. The van der Waals surface area contributed by atoms with Crippen molar-refractivity contribution in [3.8, 4) is 0 Å². The van der Waals surface area contributed by atoms with E-state index in [-0.39, 0.29) is 0 Å². The molecule has 0 bridgehead atoms. The lowest BCUT2D eigenvalue weighted by Crippen LogP contribution is -2.48. The molecule has 1 aliphatic rings. The van der Waals surface area contributed by atoms with E-state index in [2.05, 4.69) is 18.9 Å². The number of hydrogen-bond donors (Lipinski definition) is 2. The fourth-order valence-electron chi connectivity index (χ4n) is 2.85. The minimum atomic E-state index is -0.879. The molecule has 1 saturated carbocycles. The molecule has 19 heavy (non-hydrogen) atoms. The summed E-state index contributed by atoms with van der Waals surface area (Å²) in [6.07, 6.45) is 5.12. The second-order valence-corrected chi connectivity index (χ2v) is 5.60. The zero-order valence-electron chi connectivity index (χ0n) is 11.5. The van der Waals surface area contributed by atoms with E-state index in [0.717, 1.165) is 18.5 Å². The average Bonchev–Trinajstić information content (AvgIpc) is 2.75. The van der Waals surface area contributed by atoms with Gasteiger partial charge in [0.1, 0.15) is 0 Å². The molecule has 5 heteroatoms. The summed E-state index contributed by atoms with van der Waals surface area (Å²) in [6, 6.07) is 2.32. The Bertz CT molecular complexity index is 445. The summed E-state index contributed by atoms with van der Waals surface area (Å²) < 4.78 is 1.95. The van der Waals surface area contributed by atoms with Crippen LogP contribution >= 0.6 is 0 Å². The maximum atomic E-state index is 10.8. The van der Waals surface area contributed by atoms with Gasteiger partial charge in [0.25, 0.3) is 0 Å². The van der Waals surface area contributed by atoms with Crippen molar-refractivity contribution in [3.05, 3.63) is 18.0 Å². The lowest BCUT2D eigenvalue weighted by atomic mass is 9.69. The molecule has 1 aliphatic carbocycles. The molecule has 0 spiro atoms. The van der Waals surface area contributed by atoms with Crippen molar-refractivity contribution < 1.29 is 15.0 Å². The zero-order valence-corrected chi connectivity index (χ0v) is 11.5. The zero-order chi connectivity index (χ0) is 14.0. The standard InChI is InChI=1S/C14H22N2O3/c1-3-12(4-2)16-6-5-11(15-16)9-14(19)7-10(8-14)13(17)18/h5-6,10,12,19H,3-4,7-9H2,1-2H3,(H,17,18). The molecule has 0 unspecified atom stereocenters. The van der Waals surface area contributed by atoms with Crippen LogP contribution in [0.2, 0.25) is 0 Å². The average molecular weight is 266 g/mol. The summed E-state index contributed by atoms with van der Waals surface area (Å²) in [7, 11) is 0. The van der Waals surface area contributed by atoms with Gasteiger partial charge in [-0.1, -0.05) is 13.8 Å². The molecule has 2 N–H and O–H groups in total. The third kappa shape index (κ3) is 2.97. The van der Waals surface area contributed by atoms with E-state index in [9.17, 15) is 9.90 Å². The van der Waals surface area contributed by atoms with E-state index in [4.69, 9.17) is 5.11 Å². The molecule has 2 rings (SSSR count). The van der Waals surface area contributed by atoms with Gasteiger partial charge in [0.15, 0.2) is 0 Å². The molecule has 1 heterocycles. The summed E-state index contributed by atoms with van der Waals surface area (Å²) in [5.74, 6) is -1.21. The molecule has 0 aliphatic heterocycles. The number of nitrogens with zero attached hydrogens (tertiary/aromatic N) is 2. The summed E-state index contributed by atoms with van der Waals surface area (Å²) in [5, 5.41) is 23.6. The number of aliphatic carboxylic acids is 1. The van der Waals surface area contributed by atoms with Gasteiger partial charge in [-0.3, -0.25) is 9.48 Å². The van der Waals surface area contributed by atoms with Crippen molar-refractivity contribution in [2.75, 3.05) is 0 Å². The monoisotopic (exact) mass is 266 g/mol. The van der Waals surface area contributed by atoms with Crippen LogP contribution in [0, 0.1) is 5.92 Å². The predicted octanol–water partition coefficient (Wildman–Crippen LogP) is 2.01. The van der Waals surface area contributed by atoms with Crippen LogP contribution in [0.1, 0.15) is 51.3 Å². The number of aliphatic hydroxyl groups is 1. The highest BCUT2D eigenvalue weighted by molar-refractivity contribution is 5.71. The van der Waals surface area contributed by atoms with Crippen molar-refractivity contribution in [1.82, 2.24) is 9.78 Å². The van der Waals surface area contributed by atoms with Crippen LogP contribution in [0.4, 0.5) is 0 Å². The summed E-state index contributed by atoms with van der Waals surface area (Å²) >= 11 is 0. The Morgan fingerprint density at radius 1 is 1.53 bits per heavy atom. The van der Waals surface area contributed by atoms with Crippen molar-refractivity contribution >= 4 is 5.97 Å². The first-order chi connectivity index (χ1) is 8.97. The maximum absolute atomic E-state index is 10.8. The predicted molar refractivity (Wildman–Crippen MR) is 70.9 cm³/mol. The number of carboxylic acid groups (broad SMARTS) is 1. The van der Waals surface area contributed by atoms with Crippen LogP contribution < -0.4 is 0 Å². The molecule has 0 amide bonds. The Morgan fingerprint density at radius 2 is 2.16 bits per heavy atom. The molecular formula is C14H22N2O3. The van der Waals surface area contributed by atoms with Gasteiger partial charge in [-0.15, -0.1) is 0 Å². The second-order valence-electron chi connectivity index (χ2n) is 5.60. The quantitative estimate of drug-likeness (QED) is 0.826. The van der Waals surface area contributed by atoms with Gasteiger partial charge in [0, 0.05) is 12.6 Å². The third-order valence-corrected chi connectivity index (χ3v) is 4.09. The Labute approximate surface area is 113 Å². The molecule has 5 nitrogen and oxygen atoms in total. The first kappa shape index (κ1) is 14.1. The number of hydrogen-bond acceptors (Lipinski definition) is 3. The highest BCUT2D eigenvalue weighted by atomic mass is 16.4. The van der Waals surface area contributed by atoms with Gasteiger partial charge >= 0.3 is 5.97 Å². The summed E-state index contributed by atoms with van der Waals surface area (Å²) in [5.41, 5.74) is -0.0332. The normalized spacial score (nSPS) is 26.4. The number of carboxylic acids is 1. The van der Waals surface area contributed by atoms with E-state index >= 15 is 0 Å². The Morgan fingerprint density at radius 3 is 2.68 bits per heavy atom. The van der Waals surface area contributed by atoms with Crippen molar-refractivity contribution in [2.24, 2.45) is 5.92 Å². The van der Waals surface area contributed by atoms with Crippen molar-refractivity contribution in [3.63, 3.8) is 0 Å². The molecule has 0 atom stereocenters. The summed E-state index contributed by atoms with van der Waals surface area (Å²) in [4.78, 5) is 10.8. The Balaban J connectivity index is 1.96. The van der Waals surface area contributed by atoms with Gasteiger partial charge in [-0.05, 0) is 31.7 Å². The molecule has 1 aromatic rings. The van der Waals surface area contributed by atoms with Gasteiger partial charge < -0.3 is 10.2 Å². The van der Waals surface area contributed by atoms with Crippen LogP contribution in [0.3, 0.4) is 0 Å². The first-order valence-corrected chi connectivity index (χ1v) is 6.96. The molecule has 0 radical (unpaired) electrons. The topological polar surface area (TPSA) is 75.4 Å². The van der Waals surface area contributed by atoms with Crippen molar-refractivity contribution in [2.45, 2.75) is 57.6 Å². The van der Waals surface area contributed by atoms with E-state index in [1.807, 2.05) is 16.9 Å². The molecule has 1 fully saturated rings. The Kier molecular flexibility index (Phi) is 3.94. The minimum Gasteiger partial charge on any atom is -0.481 e. The maximum Gasteiger partial charge on any atom is 0.306 e. The van der Waals surface area contributed by atoms with Gasteiger partial charge in [0.05, 0.1) is 23.3 Å². The third-order valence-electron chi connectivity index (χ3n) is 4.09. The highest BCUT2D eigenvalue weighted by Crippen LogP contribution is 2.40. The summed E-state index contributed by atoms with van der Waals surface area (Å²) in [6.45, 7) is 4.26. The van der Waals surface area contributed by atoms with Crippen LogP contribution in [-0.2, 0) is 11.2 Å². The van der Waals surface area contributed by atoms with Crippen LogP contribution in [0.5, 0.6) is 0 Å². The molecule has 0 saturated heterocycles. The van der Waals surface area contributed by atoms with E-state index in [1.54, 1.807) is 0 Å². The van der Waals surface area contributed by atoms with E-state index in [1.165, 1.54) is 0 Å². The smallest absolute Gasteiger partial charge is 0.306 e. The lowest BCUT2D eigenvalue weighted by molar-refractivity contribution is -0.158. The largest absolute Gasteiger partial charge is 0.481 e. The van der Waals surface area contributed by atoms with E-state index < -0.39 is 17.5 Å². The van der Waals surface area contributed by atoms with Crippen LogP contribution in [-0.4, -0.2) is 31.6 Å². The lowest BCUT2D eigenvalue weighted by Gasteiger charge is -2.41. The van der Waals surface area contributed by atoms with Gasteiger partial charge in [-0.2, -0.15) is 5.10 Å². The van der Waals surface area contributed by atoms with Gasteiger partial charge in [0.2, 0.25) is 0 Å². The fourth-order valence-corrected chi connectivity index (χ4v) is 2.85. The fraction of sp³-hybridized carbons (Fsp3) is 0.714. The second kappa shape index (κ2) is 5.33. The molecule has 0 aromatic carbocycles. The van der Waals surface area contributed by atoms with Crippen LogP contribution in [0.15, 0.2) is 12.3 Å². The molecular weight excluding hydrogens is 244 g/mol. The number of aromatic nitrogens is 2. The SMILES string of the molecule is CCC(CC)n1ccc(CC2(O)CC(C(=O)O)C2)n1. The number of rotatable bonds is 6. The van der Waals surface area contributed by atoms with Gasteiger partial charge in [-0.25, -0.2) is 0 Å². The molecule has 106 valence electrons. The van der Waals surface area contributed by atoms with Crippen molar-refractivity contribution in [1.29, 1.82) is 0 Å². The Hall–Kier alpha value is -1.36. The van der Waals surface area contributed by atoms with Crippen LogP contribution in [0.25, 0.3) is 0 Å². The molecule has 1 aromatic heterocycles.